The molecule has 0 radical (unpaired) electrons. The van der Waals surface area contributed by atoms with Crippen LogP contribution in [0.3, 0.4) is 0 Å². The number of halogens is 2. The third-order valence-corrected chi connectivity index (χ3v) is 5.38. The van der Waals surface area contributed by atoms with Gasteiger partial charge in [-0.3, -0.25) is 4.79 Å². The van der Waals surface area contributed by atoms with Crippen molar-refractivity contribution in [1.82, 2.24) is 9.80 Å². The Labute approximate surface area is 147 Å². The summed E-state index contributed by atoms with van der Waals surface area (Å²) in [4.78, 5) is 17.3. The van der Waals surface area contributed by atoms with E-state index in [4.69, 9.17) is 5.73 Å². The van der Waals surface area contributed by atoms with E-state index in [1.807, 2.05) is 0 Å². The molecule has 0 aromatic heterocycles. The van der Waals surface area contributed by atoms with Crippen LogP contribution in [0.5, 0.6) is 0 Å². The number of rotatable bonds is 3. The second-order valence-electron chi connectivity index (χ2n) is 7.07. The summed E-state index contributed by atoms with van der Waals surface area (Å²) in [5.74, 6) is 1.31. The molecule has 0 bridgehead atoms. The molecule has 2 saturated heterocycles. The van der Waals surface area contributed by atoms with Crippen molar-refractivity contribution in [2.24, 2.45) is 17.6 Å². The van der Waals surface area contributed by atoms with Gasteiger partial charge in [0, 0.05) is 31.6 Å². The lowest BCUT2D eigenvalue weighted by atomic mass is 9.85. The highest BCUT2D eigenvalue weighted by atomic mass is 35.5. The van der Waals surface area contributed by atoms with Crippen LogP contribution in [0, 0.1) is 11.8 Å². The minimum Gasteiger partial charge on any atom is -0.342 e. The summed E-state index contributed by atoms with van der Waals surface area (Å²) in [7, 11) is 0. The molecule has 2 N–H and O–H groups in total. The highest BCUT2D eigenvalue weighted by Gasteiger charge is 2.33. The highest BCUT2D eigenvalue weighted by molar-refractivity contribution is 5.85. The minimum absolute atomic E-state index is 0. The van der Waals surface area contributed by atoms with Gasteiger partial charge in [0.25, 0.3) is 0 Å². The highest BCUT2D eigenvalue weighted by Crippen LogP contribution is 2.28. The van der Waals surface area contributed by atoms with Crippen LogP contribution in [-0.2, 0) is 4.79 Å². The van der Waals surface area contributed by atoms with Crippen molar-refractivity contribution in [1.29, 1.82) is 0 Å². The number of hydrogen-bond donors (Lipinski definition) is 1. The van der Waals surface area contributed by atoms with Gasteiger partial charge >= 0.3 is 0 Å². The summed E-state index contributed by atoms with van der Waals surface area (Å²) in [5.41, 5.74) is 6.02. The summed E-state index contributed by atoms with van der Waals surface area (Å²) < 4.78 is 0. The molecule has 130 valence electrons. The van der Waals surface area contributed by atoms with Crippen molar-refractivity contribution in [3.05, 3.63) is 0 Å². The Bertz CT molecular complexity index is 350. The maximum Gasteiger partial charge on any atom is 0.225 e. The molecule has 3 rings (SSSR count). The van der Waals surface area contributed by atoms with Gasteiger partial charge in [-0.25, -0.2) is 0 Å². The average Bonchev–Trinajstić information content (AvgIpc) is 3.10. The Hall–Kier alpha value is -0.0300. The lowest BCUT2D eigenvalue weighted by Crippen LogP contribution is -2.40. The SMILES string of the molecule is Cl.Cl.NC1CCCC(C(=O)N2CCC(CN3CCCC3)C2)C1. The molecule has 22 heavy (non-hydrogen) atoms. The van der Waals surface area contributed by atoms with E-state index in [0.717, 1.165) is 38.8 Å². The van der Waals surface area contributed by atoms with Crippen molar-refractivity contribution in [2.45, 2.75) is 51.0 Å². The van der Waals surface area contributed by atoms with E-state index in [2.05, 4.69) is 9.80 Å². The first kappa shape index (κ1) is 20.0. The molecule has 1 saturated carbocycles. The molecule has 2 heterocycles. The van der Waals surface area contributed by atoms with E-state index in [0.29, 0.717) is 11.8 Å². The molecular formula is C16H31Cl2N3O. The van der Waals surface area contributed by atoms with E-state index in [1.165, 1.54) is 38.9 Å². The zero-order chi connectivity index (χ0) is 13.9. The number of nitrogens with zero attached hydrogens (tertiary/aromatic N) is 2. The lowest BCUT2D eigenvalue weighted by Gasteiger charge is -2.29. The maximum absolute atomic E-state index is 12.6. The standard InChI is InChI=1S/C16H29N3O.2ClH/c17-15-5-3-4-14(10-15)16(20)19-9-6-13(12-19)11-18-7-1-2-8-18;;/h13-15H,1-12,17H2;2*1H. The number of carbonyl (C=O) groups is 1. The molecule has 3 fully saturated rings. The Kier molecular flexibility index (Phi) is 8.47. The fourth-order valence-corrected chi connectivity index (χ4v) is 4.22. The Morgan fingerprint density at radius 1 is 1.00 bits per heavy atom. The van der Waals surface area contributed by atoms with Crippen LogP contribution in [0.4, 0.5) is 0 Å². The van der Waals surface area contributed by atoms with Gasteiger partial charge in [0.1, 0.15) is 0 Å². The maximum atomic E-state index is 12.6. The largest absolute Gasteiger partial charge is 0.342 e. The minimum atomic E-state index is 0. The van der Waals surface area contributed by atoms with Gasteiger partial charge < -0.3 is 15.5 Å². The van der Waals surface area contributed by atoms with Crippen LogP contribution in [0.25, 0.3) is 0 Å². The van der Waals surface area contributed by atoms with E-state index in [9.17, 15) is 4.79 Å². The van der Waals surface area contributed by atoms with Gasteiger partial charge in [-0.05, 0) is 57.5 Å². The Balaban J connectivity index is 0.00000121. The van der Waals surface area contributed by atoms with Crippen LogP contribution < -0.4 is 5.73 Å². The van der Waals surface area contributed by atoms with E-state index in [-0.39, 0.29) is 36.8 Å². The fraction of sp³-hybridized carbons (Fsp3) is 0.938. The first-order chi connectivity index (χ1) is 9.72. The third-order valence-electron chi connectivity index (χ3n) is 5.38. The molecule has 3 unspecified atom stereocenters. The van der Waals surface area contributed by atoms with Gasteiger partial charge in [-0.1, -0.05) is 6.42 Å². The van der Waals surface area contributed by atoms with Crippen molar-refractivity contribution >= 4 is 30.7 Å². The molecule has 6 heteroatoms. The van der Waals surface area contributed by atoms with Crippen molar-refractivity contribution in [2.75, 3.05) is 32.7 Å². The topological polar surface area (TPSA) is 49.6 Å². The summed E-state index contributed by atoms with van der Waals surface area (Å²) >= 11 is 0. The quantitative estimate of drug-likeness (QED) is 0.848. The van der Waals surface area contributed by atoms with Crippen LogP contribution in [-0.4, -0.2) is 54.5 Å². The monoisotopic (exact) mass is 351 g/mol. The van der Waals surface area contributed by atoms with Crippen LogP contribution >= 0.6 is 24.8 Å². The molecule has 1 amide bonds. The summed E-state index contributed by atoms with van der Waals surface area (Å²) in [5, 5.41) is 0. The van der Waals surface area contributed by atoms with E-state index < -0.39 is 0 Å². The average molecular weight is 352 g/mol. The normalized spacial score (nSPS) is 32.4. The number of nitrogens with two attached hydrogens (primary N) is 1. The second-order valence-corrected chi connectivity index (χ2v) is 7.07. The predicted octanol–water partition coefficient (Wildman–Crippen LogP) is 2.29. The fourth-order valence-electron chi connectivity index (χ4n) is 4.22. The summed E-state index contributed by atoms with van der Waals surface area (Å²) in [6, 6.07) is 0.251. The zero-order valence-corrected chi connectivity index (χ0v) is 15.0. The second kappa shape index (κ2) is 9.31. The Morgan fingerprint density at radius 3 is 2.41 bits per heavy atom. The van der Waals surface area contributed by atoms with Gasteiger partial charge in [0.05, 0.1) is 0 Å². The molecule has 3 atom stereocenters. The molecular weight excluding hydrogens is 321 g/mol. The molecule has 3 aliphatic rings. The van der Waals surface area contributed by atoms with Gasteiger partial charge in [0.2, 0.25) is 5.91 Å². The number of hydrogen-bond acceptors (Lipinski definition) is 3. The number of likely N-dealkylation sites (tertiary alicyclic amines) is 2. The van der Waals surface area contributed by atoms with Crippen LogP contribution in [0.15, 0.2) is 0 Å². The zero-order valence-electron chi connectivity index (χ0n) is 13.4. The van der Waals surface area contributed by atoms with Crippen molar-refractivity contribution < 1.29 is 4.79 Å². The van der Waals surface area contributed by atoms with Crippen molar-refractivity contribution in [3.8, 4) is 0 Å². The Morgan fingerprint density at radius 2 is 1.73 bits per heavy atom. The predicted molar refractivity (Wildman–Crippen MR) is 94.8 cm³/mol. The molecule has 1 aliphatic carbocycles. The van der Waals surface area contributed by atoms with E-state index in [1.54, 1.807) is 0 Å². The van der Waals surface area contributed by atoms with E-state index >= 15 is 0 Å². The molecule has 4 nitrogen and oxygen atoms in total. The van der Waals surface area contributed by atoms with Crippen LogP contribution in [0.2, 0.25) is 0 Å². The van der Waals surface area contributed by atoms with Gasteiger partial charge in [-0.15, -0.1) is 24.8 Å². The molecule has 0 aromatic rings. The van der Waals surface area contributed by atoms with Gasteiger partial charge in [0.15, 0.2) is 0 Å². The van der Waals surface area contributed by atoms with Crippen LogP contribution in [0.1, 0.15) is 44.9 Å². The lowest BCUT2D eigenvalue weighted by molar-refractivity contribution is -0.135. The first-order valence-corrected chi connectivity index (χ1v) is 8.49. The molecule has 0 spiro atoms. The molecule has 2 aliphatic heterocycles. The van der Waals surface area contributed by atoms with Gasteiger partial charge in [-0.2, -0.15) is 0 Å². The first-order valence-electron chi connectivity index (χ1n) is 8.49. The number of amides is 1. The number of carbonyl (C=O) groups excluding carboxylic acids is 1. The van der Waals surface area contributed by atoms with Crippen molar-refractivity contribution in [3.63, 3.8) is 0 Å². The smallest absolute Gasteiger partial charge is 0.225 e. The summed E-state index contributed by atoms with van der Waals surface area (Å²) in [6.07, 6.45) is 8.10. The summed E-state index contributed by atoms with van der Waals surface area (Å²) in [6.45, 7) is 5.70. The molecule has 0 aromatic carbocycles. The third kappa shape index (κ3) is 4.98.